The van der Waals surface area contributed by atoms with Crippen LogP contribution in [0.2, 0.25) is 10.2 Å². The maximum absolute atomic E-state index is 12.4. The number of amides is 1. The van der Waals surface area contributed by atoms with Crippen LogP contribution in [0.3, 0.4) is 0 Å². The summed E-state index contributed by atoms with van der Waals surface area (Å²) in [5.74, 6) is 6.12. The number of aromatic nitrogens is 2. The van der Waals surface area contributed by atoms with Gasteiger partial charge in [0.1, 0.15) is 45.6 Å². The first-order chi connectivity index (χ1) is 16.3. The van der Waals surface area contributed by atoms with E-state index in [0.717, 1.165) is 0 Å². The molecule has 34 heavy (non-hydrogen) atoms. The number of thiazole rings is 1. The molecular formula is C19H23Cl2N7O4S2. The van der Waals surface area contributed by atoms with Crippen molar-refractivity contribution in [1.29, 1.82) is 0 Å². The molecule has 15 heteroatoms. The predicted molar refractivity (Wildman–Crippen MR) is 130 cm³/mol. The number of carbonyl (C=O) groups excluding carboxylic acids is 1. The summed E-state index contributed by atoms with van der Waals surface area (Å²) in [6.45, 7) is 0.444. The van der Waals surface area contributed by atoms with Crippen molar-refractivity contribution in [3.63, 3.8) is 0 Å². The normalized spacial score (nSPS) is 26.9. The summed E-state index contributed by atoms with van der Waals surface area (Å²) in [4.78, 5) is 27.0. The zero-order valence-corrected chi connectivity index (χ0v) is 21.2. The van der Waals surface area contributed by atoms with Crippen molar-refractivity contribution in [1.82, 2.24) is 25.8 Å². The van der Waals surface area contributed by atoms with Crippen LogP contribution in [-0.2, 0) is 14.3 Å². The molecule has 184 valence electrons. The molecule has 0 aliphatic carbocycles. The number of thioether (sulfide) groups is 1. The van der Waals surface area contributed by atoms with Gasteiger partial charge in [-0.3, -0.25) is 9.63 Å². The minimum atomic E-state index is -0.586. The number of nitrogens with zero attached hydrogens (tertiary/aromatic N) is 3. The van der Waals surface area contributed by atoms with Crippen molar-refractivity contribution in [3.8, 4) is 0 Å². The first-order valence-electron chi connectivity index (χ1n) is 10.0. The third-order valence-corrected chi connectivity index (χ3v) is 7.85. The number of pyridine rings is 1. The number of hydrogen-bond acceptors (Lipinski definition) is 12. The van der Waals surface area contributed by atoms with E-state index in [1.807, 2.05) is 0 Å². The number of fused-ring (bicyclic) bond motifs is 1. The second kappa shape index (κ2) is 10.9. The Balaban J connectivity index is 1.64. The summed E-state index contributed by atoms with van der Waals surface area (Å²) in [6, 6.07) is 1.16. The summed E-state index contributed by atoms with van der Waals surface area (Å²) in [7, 11) is 3.08. The molecule has 11 nitrogen and oxygen atoms in total. The van der Waals surface area contributed by atoms with Gasteiger partial charge in [0.15, 0.2) is 0 Å². The fourth-order valence-corrected chi connectivity index (χ4v) is 6.13. The van der Waals surface area contributed by atoms with E-state index in [0.29, 0.717) is 32.3 Å². The Hall–Kier alpha value is -1.68. The quantitative estimate of drug-likeness (QED) is 0.294. The summed E-state index contributed by atoms with van der Waals surface area (Å²) >= 11 is 14.7. The number of carbonyl (C=O) groups is 1. The number of nitrogens with one attached hydrogen (secondary N) is 2. The minimum absolute atomic E-state index is 0.226. The SMILES string of the molecule is CNC(=O)c1ncc(Cl)cc1SC1OC2CNOC2C(N(N)/C=C(\N)c2nc(Cl)cs2)C1OC. The van der Waals surface area contributed by atoms with Gasteiger partial charge in [-0.2, -0.15) is 5.48 Å². The Bertz CT molecular complexity index is 1080. The number of hydrazine groups is 1. The third kappa shape index (κ3) is 5.27. The number of nitrogens with two attached hydrogens (primary N) is 2. The molecule has 2 aromatic heterocycles. The number of halogens is 2. The summed E-state index contributed by atoms with van der Waals surface area (Å²) < 4.78 is 12.1. The monoisotopic (exact) mass is 547 g/mol. The van der Waals surface area contributed by atoms with Crippen LogP contribution < -0.4 is 22.4 Å². The number of ether oxygens (including phenoxy) is 2. The van der Waals surface area contributed by atoms with Crippen LogP contribution in [0.15, 0.2) is 28.7 Å². The molecule has 2 aliphatic rings. The molecule has 4 rings (SSSR count). The highest BCUT2D eigenvalue weighted by molar-refractivity contribution is 8.00. The van der Waals surface area contributed by atoms with E-state index in [1.165, 1.54) is 41.4 Å². The molecule has 0 aromatic carbocycles. The van der Waals surface area contributed by atoms with E-state index < -0.39 is 23.7 Å². The van der Waals surface area contributed by atoms with Crippen molar-refractivity contribution in [2.24, 2.45) is 11.6 Å². The van der Waals surface area contributed by atoms with Crippen molar-refractivity contribution in [2.75, 3.05) is 20.7 Å². The number of hydroxylamine groups is 1. The van der Waals surface area contributed by atoms with Gasteiger partial charge in [-0.25, -0.2) is 15.8 Å². The maximum atomic E-state index is 12.4. The highest BCUT2D eigenvalue weighted by Crippen LogP contribution is 2.39. The molecule has 6 N–H and O–H groups in total. The first-order valence-corrected chi connectivity index (χ1v) is 12.6. The lowest BCUT2D eigenvalue weighted by molar-refractivity contribution is -0.172. The van der Waals surface area contributed by atoms with E-state index in [-0.39, 0.29) is 17.7 Å². The van der Waals surface area contributed by atoms with E-state index in [2.05, 4.69) is 20.8 Å². The third-order valence-electron chi connectivity index (χ3n) is 5.25. The van der Waals surface area contributed by atoms with Crippen LogP contribution in [-0.4, -0.2) is 71.4 Å². The number of rotatable bonds is 7. The molecular weight excluding hydrogens is 525 g/mol. The zero-order valence-electron chi connectivity index (χ0n) is 18.1. The van der Waals surface area contributed by atoms with E-state index in [1.54, 1.807) is 24.8 Å². The Kier molecular flexibility index (Phi) is 8.17. The van der Waals surface area contributed by atoms with Crippen LogP contribution in [0, 0.1) is 0 Å². The van der Waals surface area contributed by atoms with Gasteiger partial charge >= 0.3 is 0 Å². The summed E-state index contributed by atoms with van der Waals surface area (Å²) in [5.41, 5.74) is 9.07. The molecule has 0 spiro atoms. The lowest BCUT2D eigenvalue weighted by Gasteiger charge is -2.45. The molecule has 5 atom stereocenters. The van der Waals surface area contributed by atoms with Crippen LogP contribution in [0.5, 0.6) is 0 Å². The number of hydrogen-bond donors (Lipinski definition) is 4. The predicted octanol–water partition coefficient (Wildman–Crippen LogP) is 1.44. The average molecular weight is 548 g/mol. The van der Waals surface area contributed by atoms with Gasteiger partial charge in [0.05, 0.1) is 17.3 Å². The van der Waals surface area contributed by atoms with Crippen LogP contribution in [0.4, 0.5) is 0 Å². The standard InChI is InChI=1S/C19H23Cl2N7O4S2/c1-24-17(29)13-11(3-8(20)4-25-13)34-19-16(30-2)14(15-10(31-19)5-26-32-15)28(23)6-9(22)18-27-12(21)7-33-18/h3-4,6-7,10,14-16,19,26H,5,22-23H2,1-2H3,(H,24,29)/b9-6-. The lowest BCUT2D eigenvalue weighted by atomic mass is 9.97. The summed E-state index contributed by atoms with van der Waals surface area (Å²) in [5, 5.41) is 6.98. The van der Waals surface area contributed by atoms with Gasteiger partial charge in [-0.15, -0.1) is 11.3 Å². The number of methoxy groups -OCH3 is 1. The molecule has 2 aromatic rings. The molecule has 0 bridgehead atoms. The van der Waals surface area contributed by atoms with E-state index >= 15 is 0 Å². The van der Waals surface area contributed by atoms with Gasteiger partial charge in [0, 0.05) is 36.8 Å². The Labute approximate surface area is 214 Å². The largest absolute Gasteiger partial charge is 0.395 e. The Morgan fingerprint density at radius 2 is 2.29 bits per heavy atom. The molecule has 0 saturated carbocycles. The van der Waals surface area contributed by atoms with Crippen molar-refractivity contribution >= 4 is 57.9 Å². The van der Waals surface area contributed by atoms with Crippen LogP contribution >= 0.6 is 46.3 Å². The zero-order chi connectivity index (χ0) is 24.4. The Morgan fingerprint density at radius 1 is 1.50 bits per heavy atom. The van der Waals surface area contributed by atoms with Crippen molar-refractivity contribution < 1.29 is 19.1 Å². The average Bonchev–Trinajstić information content (AvgIpc) is 3.46. The molecule has 5 unspecified atom stereocenters. The molecule has 4 heterocycles. The molecule has 0 radical (unpaired) electrons. The fraction of sp³-hybridized carbons (Fsp3) is 0.421. The van der Waals surface area contributed by atoms with Gasteiger partial charge < -0.3 is 25.5 Å². The van der Waals surface area contributed by atoms with Crippen molar-refractivity contribution in [2.45, 2.75) is 34.7 Å². The van der Waals surface area contributed by atoms with Crippen molar-refractivity contribution in [3.05, 3.63) is 44.7 Å². The van der Waals surface area contributed by atoms with Gasteiger partial charge in [-0.1, -0.05) is 35.0 Å². The van der Waals surface area contributed by atoms with Crippen LogP contribution in [0.1, 0.15) is 15.5 Å². The second-order valence-electron chi connectivity index (χ2n) is 7.37. The first kappa shape index (κ1) is 25.4. The fourth-order valence-electron chi connectivity index (χ4n) is 3.73. The van der Waals surface area contributed by atoms with Crippen LogP contribution in [0.25, 0.3) is 5.70 Å². The minimum Gasteiger partial charge on any atom is -0.395 e. The summed E-state index contributed by atoms with van der Waals surface area (Å²) in [6.07, 6.45) is 1.61. The highest BCUT2D eigenvalue weighted by Gasteiger charge is 2.52. The molecule has 2 aliphatic heterocycles. The molecule has 2 saturated heterocycles. The van der Waals surface area contributed by atoms with Gasteiger partial charge in [-0.05, 0) is 6.07 Å². The Morgan fingerprint density at radius 3 is 2.97 bits per heavy atom. The molecule has 2 fully saturated rings. The maximum Gasteiger partial charge on any atom is 0.270 e. The molecule has 1 amide bonds. The van der Waals surface area contributed by atoms with Gasteiger partial charge in [0.2, 0.25) is 0 Å². The topological polar surface area (TPSA) is 150 Å². The van der Waals surface area contributed by atoms with E-state index in [9.17, 15) is 4.79 Å². The highest BCUT2D eigenvalue weighted by atomic mass is 35.5. The van der Waals surface area contributed by atoms with Gasteiger partial charge in [0.25, 0.3) is 5.91 Å². The lowest BCUT2D eigenvalue weighted by Crippen LogP contribution is -2.63. The smallest absolute Gasteiger partial charge is 0.270 e. The second-order valence-corrected chi connectivity index (χ2v) is 10.2. The van der Waals surface area contributed by atoms with E-state index in [4.69, 9.17) is 49.1 Å².